The standard InChI is InChI=1S/C17H15NO4/c19-14-11-22-15(16(20)18-14)17(21,12-7-3-1-4-8-12)13-9-5-2-6-10-13/h1-10,15,21H,11H2,(H,18,19,20)/t15-/m0/s1. The number of carbonyl (C=O) groups is 2. The van der Waals surface area contributed by atoms with Crippen LogP contribution in [-0.2, 0) is 19.9 Å². The van der Waals surface area contributed by atoms with Crippen molar-refractivity contribution in [2.45, 2.75) is 11.7 Å². The van der Waals surface area contributed by atoms with E-state index in [9.17, 15) is 14.7 Å². The Hall–Kier alpha value is -2.50. The zero-order valence-corrected chi connectivity index (χ0v) is 11.7. The van der Waals surface area contributed by atoms with E-state index < -0.39 is 23.5 Å². The minimum atomic E-state index is -1.67. The molecule has 1 fully saturated rings. The molecule has 1 heterocycles. The van der Waals surface area contributed by atoms with Crippen LogP contribution < -0.4 is 5.32 Å². The average Bonchev–Trinajstić information content (AvgIpc) is 2.56. The summed E-state index contributed by atoms with van der Waals surface area (Å²) >= 11 is 0. The fourth-order valence-electron chi connectivity index (χ4n) is 2.64. The highest BCUT2D eigenvalue weighted by Crippen LogP contribution is 2.35. The molecule has 1 atom stereocenters. The molecular formula is C17H15NO4. The van der Waals surface area contributed by atoms with Gasteiger partial charge in [-0.05, 0) is 11.1 Å². The molecule has 2 aromatic carbocycles. The molecule has 0 bridgehead atoms. The van der Waals surface area contributed by atoms with Gasteiger partial charge >= 0.3 is 0 Å². The van der Waals surface area contributed by atoms with Crippen molar-refractivity contribution in [3.05, 3.63) is 71.8 Å². The monoisotopic (exact) mass is 297 g/mol. The quantitative estimate of drug-likeness (QED) is 0.828. The molecule has 0 radical (unpaired) electrons. The predicted molar refractivity (Wildman–Crippen MR) is 78.8 cm³/mol. The summed E-state index contributed by atoms with van der Waals surface area (Å²) in [7, 11) is 0. The van der Waals surface area contributed by atoms with Crippen molar-refractivity contribution in [2.24, 2.45) is 0 Å². The summed E-state index contributed by atoms with van der Waals surface area (Å²) in [6.07, 6.45) is -1.20. The Labute approximate surface area is 127 Å². The van der Waals surface area contributed by atoms with Gasteiger partial charge in [-0.25, -0.2) is 0 Å². The first kappa shape index (κ1) is 14.4. The first-order valence-corrected chi connectivity index (χ1v) is 6.91. The lowest BCUT2D eigenvalue weighted by Gasteiger charge is -2.37. The Bertz CT molecular complexity index is 645. The van der Waals surface area contributed by atoms with E-state index in [0.717, 1.165) is 0 Å². The highest BCUT2D eigenvalue weighted by atomic mass is 16.5. The number of imide groups is 1. The molecule has 1 aliphatic rings. The van der Waals surface area contributed by atoms with Crippen LogP contribution in [0.4, 0.5) is 0 Å². The first-order chi connectivity index (χ1) is 10.6. The molecule has 22 heavy (non-hydrogen) atoms. The summed E-state index contributed by atoms with van der Waals surface area (Å²) in [6.45, 7) is -0.265. The molecule has 3 rings (SSSR count). The van der Waals surface area contributed by atoms with Gasteiger partial charge in [-0.15, -0.1) is 0 Å². The van der Waals surface area contributed by atoms with Crippen LogP contribution in [0.2, 0.25) is 0 Å². The lowest BCUT2D eigenvalue weighted by atomic mass is 9.81. The van der Waals surface area contributed by atoms with Crippen LogP contribution in [0.25, 0.3) is 0 Å². The Balaban J connectivity index is 2.12. The molecule has 0 saturated carbocycles. The number of morpholine rings is 1. The second-order valence-electron chi connectivity index (χ2n) is 5.10. The van der Waals surface area contributed by atoms with E-state index in [0.29, 0.717) is 11.1 Å². The van der Waals surface area contributed by atoms with Crippen LogP contribution in [0.5, 0.6) is 0 Å². The third kappa shape index (κ3) is 2.41. The molecule has 5 heteroatoms. The zero-order chi connectivity index (χ0) is 15.6. The lowest BCUT2D eigenvalue weighted by Crippen LogP contribution is -2.57. The van der Waals surface area contributed by atoms with E-state index >= 15 is 0 Å². The van der Waals surface area contributed by atoms with Crippen LogP contribution in [0.3, 0.4) is 0 Å². The number of benzene rings is 2. The van der Waals surface area contributed by atoms with E-state index in [-0.39, 0.29) is 6.61 Å². The van der Waals surface area contributed by atoms with Crippen molar-refractivity contribution in [3.8, 4) is 0 Å². The maximum atomic E-state index is 12.2. The number of rotatable bonds is 3. The highest BCUT2D eigenvalue weighted by Gasteiger charge is 2.47. The molecular weight excluding hydrogens is 282 g/mol. The minimum absolute atomic E-state index is 0.265. The van der Waals surface area contributed by atoms with Crippen molar-refractivity contribution in [1.82, 2.24) is 5.32 Å². The van der Waals surface area contributed by atoms with Gasteiger partial charge in [0.05, 0.1) is 0 Å². The van der Waals surface area contributed by atoms with Gasteiger partial charge in [0, 0.05) is 0 Å². The van der Waals surface area contributed by atoms with Gasteiger partial charge in [0.2, 0.25) is 0 Å². The zero-order valence-electron chi connectivity index (χ0n) is 11.7. The van der Waals surface area contributed by atoms with Crippen LogP contribution >= 0.6 is 0 Å². The van der Waals surface area contributed by atoms with Crippen molar-refractivity contribution in [3.63, 3.8) is 0 Å². The Morgan fingerprint density at radius 3 is 1.91 bits per heavy atom. The summed E-state index contributed by atoms with van der Waals surface area (Å²) < 4.78 is 5.36. The lowest BCUT2D eigenvalue weighted by molar-refractivity contribution is -0.165. The topological polar surface area (TPSA) is 75.6 Å². The van der Waals surface area contributed by atoms with Crippen LogP contribution in [0, 0.1) is 0 Å². The molecule has 112 valence electrons. The summed E-state index contributed by atoms with van der Waals surface area (Å²) in [5.74, 6) is -1.16. The Morgan fingerprint density at radius 1 is 0.955 bits per heavy atom. The summed E-state index contributed by atoms with van der Waals surface area (Å²) in [4.78, 5) is 23.5. The summed E-state index contributed by atoms with van der Waals surface area (Å²) in [5.41, 5.74) is -0.626. The number of hydrogen-bond donors (Lipinski definition) is 2. The normalized spacial score (nSPS) is 18.9. The molecule has 0 aliphatic carbocycles. The number of ether oxygens (including phenoxy) is 1. The molecule has 2 aromatic rings. The third-order valence-corrected chi connectivity index (χ3v) is 3.69. The average molecular weight is 297 g/mol. The summed E-state index contributed by atoms with van der Waals surface area (Å²) in [6, 6.07) is 17.6. The molecule has 1 aliphatic heterocycles. The second-order valence-corrected chi connectivity index (χ2v) is 5.10. The molecule has 2 amide bonds. The number of aliphatic hydroxyl groups is 1. The first-order valence-electron chi connectivity index (χ1n) is 6.91. The van der Waals surface area contributed by atoms with Crippen molar-refractivity contribution in [1.29, 1.82) is 0 Å². The van der Waals surface area contributed by atoms with Crippen molar-refractivity contribution in [2.75, 3.05) is 6.61 Å². The SMILES string of the molecule is O=C1CO[C@H](C(O)(c2ccccc2)c2ccccc2)C(=O)N1. The van der Waals surface area contributed by atoms with Gasteiger partial charge in [0.1, 0.15) is 12.2 Å². The third-order valence-electron chi connectivity index (χ3n) is 3.69. The van der Waals surface area contributed by atoms with Gasteiger partial charge in [0.15, 0.2) is 6.10 Å². The number of hydrogen-bond acceptors (Lipinski definition) is 4. The molecule has 1 saturated heterocycles. The molecule has 5 nitrogen and oxygen atoms in total. The molecule has 0 spiro atoms. The predicted octanol–water partition coefficient (Wildman–Crippen LogP) is 0.964. The number of amides is 2. The molecule has 0 unspecified atom stereocenters. The maximum absolute atomic E-state index is 12.2. The summed E-state index contributed by atoms with van der Waals surface area (Å²) in [5, 5.41) is 13.5. The van der Waals surface area contributed by atoms with Crippen LogP contribution in [-0.4, -0.2) is 29.6 Å². The Morgan fingerprint density at radius 2 is 1.45 bits per heavy atom. The van der Waals surface area contributed by atoms with Gasteiger partial charge in [-0.3, -0.25) is 14.9 Å². The van der Waals surface area contributed by atoms with Gasteiger partial charge in [-0.1, -0.05) is 60.7 Å². The van der Waals surface area contributed by atoms with Crippen LogP contribution in [0.1, 0.15) is 11.1 Å². The van der Waals surface area contributed by atoms with Gasteiger partial charge in [0.25, 0.3) is 11.8 Å². The number of carbonyl (C=O) groups excluding carboxylic acids is 2. The largest absolute Gasteiger partial charge is 0.377 e. The maximum Gasteiger partial charge on any atom is 0.259 e. The molecule has 0 aromatic heterocycles. The smallest absolute Gasteiger partial charge is 0.259 e. The number of nitrogens with one attached hydrogen (secondary N) is 1. The molecule has 2 N–H and O–H groups in total. The Kier molecular flexibility index (Phi) is 3.75. The van der Waals surface area contributed by atoms with E-state index in [1.54, 1.807) is 48.5 Å². The minimum Gasteiger partial charge on any atom is -0.377 e. The van der Waals surface area contributed by atoms with Crippen molar-refractivity contribution >= 4 is 11.8 Å². The van der Waals surface area contributed by atoms with E-state index in [1.807, 2.05) is 12.1 Å². The second kappa shape index (κ2) is 5.71. The van der Waals surface area contributed by atoms with Gasteiger partial charge < -0.3 is 9.84 Å². The van der Waals surface area contributed by atoms with E-state index in [1.165, 1.54) is 0 Å². The van der Waals surface area contributed by atoms with Crippen LogP contribution in [0.15, 0.2) is 60.7 Å². The van der Waals surface area contributed by atoms with E-state index in [4.69, 9.17) is 4.74 Å². The van der Waals surface area contributed by atoms with Gasteiger partial charge in [-0.2, -0.15) is 0 Å². The fourth-order valence-corrected chi connectivity index (χ4v) is 2.64. The van der Waals surface area contributed by atoms with Crippen molar-refractivity contribution < 1.29 is 19.4 Å². The van der Waals surface area contributed by atoms with E-state index in [2.05, 4.69) is 5.32 Å². The fraction of sp³-hybridized carbons (Fsp3) is 0.176. The highest BCUT2D eigenvalue weighted by molar-refractivity contribution is 6.00.